The van der Waals surface area contributed by atoms with E-state index in [1.54, 1.807) is 0 Å². The molecule has 0 N–H and O–H groups in total. The highest BCUT2D eigenvalue weighted by Crippen LogP contribution is 2.32. The van der Waals surface area contributed by atoms with E-state index in [9.17, 15) is 0 Å². The zero-order chi connectivity index (χ0) is 11.4. The van der Waals surface area contributed by atoms with Gasteiger partial charge in [0.05, 0.1) is 6.10 Å². The van der Waals surface area contributed by atoms with Gasteiger partial charge in [0.1, 0.15) is 0 Å². The Morgan fingerprint density at radius 3 is 2.81 bits per heavy atom. The van der Waals surface area contributed by atoms with Gasteiger partial charge in [-0.15, -0.1) is 0 Å². The van der Waals surface area contributed by atoms with Gasteiger partial charge < -0.3 is 4.74 Å². The zero-order valence-corrected chi connectivity index (χ0v) is 12.3. The van der Waals surface area contributed by atoms with Crippen molar-refractivity contribution >= 4 is 31.9 Å². The molecule has 0 spiro atoms. The first-order chi connectivity index (χ1) is 7.81. The van der Waals surface area contributed by atoms with Gasteiger partial charge in [0.25, 0.3) is 0 Å². The zero-order valence-electron chi connectivity index (χ0n) is 9.16. The maximum atomic E-state index is 5.71. The highest BCUT2D eigenvalue weighted by molar-refractivity contribution is 9.10. The molecule has 88 valence electrons. The summed E-state index contributed by atoms with van der Waals surface area (Å²) in [6.07, 6.45) is 4.01. The topological polar surface area (TPSA) is 9.23 Å². The van der Waals surface area contributed by atoms with E-state index in [2.05, 4.69) is 56.1 Å². The second-order valence-electron chi connectivity index (χ2n) is 4.24. The SMILES string of the molecule is BrCC(CC1CCCO1)c1ccccc1Br. The normalized spacial score (nSPS) is 22.2. The molecule has 0 saturated carbocycles. The standard InChI is InChI=1S/C13H16Br2O/c14-9-10(8-11-4-3-7-16-11)12-5-1-2-6-13(12)15/h1-2,5-6,10-11H,3-4,7-9H2. The van der Waals surface area contributed by atoms with E-state index in [0.717, 1.165) is 18.4 Å². The molecular weight excluding hydrogens is 332 g/mol. The van der Waals surface area contributed by atoms with Crippen LogP contribution >= 0.6 is 31.9 Å². The van der Waals surface area contributed by atoms with Crippen molar-refractivity contribution in [2.24, 2.45) is 0 Å². The first-order valence-electron chi connectivity index (χ1n) is 5.73. The van der Waals surface area contributed by atoms with Crippen molar-refractivity contribution in [1.82, 2.24) is 0 Å². The minimum Gasteiger partial charge on any atom is -0.378 e. The lowest BCUT2D eigenvalue weighted by molar-refractivity contribution is 0.0996. The van der Waals surface area contributed by atoms with Gasteiger partial charge in [-0.1, -0.05) is 50.1 Å². The van der Waals surface area contributed by atoms with E-state index >= 15 is 0 Å². The molecule has 0 aromatic heterocycles. The summed E-state index contributed by atoms with van der Waals surface area (Å²) in [6.45, 7) is 0.940. The fourth-order valence-electron chi connectivity index (χ4n) is 2.23. The van der Waals surface area contributed by atoms with Gasteiger partial charge in [-0.05, 0) is 36.8 Å². The molecule has 3 heteroatoms. The Morgan fingerprint density at radius 1 is 1.38 bits per heavy atom. The quantitative estimate of drug-likeness (QED) is 0.729. The molecule has 1 aliphatic heterocycles. The molecule has 16 heavy (non-hydrogen) atoms. The summed E-state index contributed by atoms with van der Waals surface area (Å²) in [7, 11) is 0. The van der Waals surface area contributed by atoms with Crippen molar-refractivity contribution in [2.75, 3.05) is 11.9 Å². The van der Waals surface area contributed by atoms with E-state index in [0.29, 0.717) is 12.0 Å². The number of hydrogen-bond donors (Lipinski definition) is 0. The van der Waals surface area contributed by atoms with Gasteiger partial charge in [0.2, 0.25) is 0 Å². The summed E-state index contributed by atoms with van der Waals surface area (Å²) in [4.78, 5) is 0. The van der Waals surface area contributed by atoms with Crippen molar-refractivity contribution in [3.8, 4) is 0 Å². The molecule has 2 atom stereocenters. The minimum absolute atomic E-state index is 0.453. The van der Waals surface area contributed by atoms with E-state index in [1.807, 2.05) is 0 Å². The van der Waals surface area contributed by atoms with Crippen molar-refractivity contribution < 1.29 is 4.74 Å². The molecule has 0 aliphatic carbocycles. The van der Waals surface area contributed by atoms with E-state index < -0.39 is 0 Å². The van der Waals surface area contributed by atoms with Crippen LogP contribution in [0.5, 0.6) is 0 Å². The van der Waals surface area contributed by atoms with Gasteiger partial charge in [-0.3, -0.25) is 0 Å². The second-order valence-corrected chi connectivity index (χ2v) is 5.75. The van der Waals surface area contributed by atoms with Crippen molar-refractivity contribution in [3.63, 3.8) is 0 Å². The van der Waals surface area contributed by atoms with Gasteiger partial charge >= 0.3 is 0 Å². The number of hydrogen-bond acceptors (Lipinski definition) is 1. The Labute approximate surface area is 114 Å². The molecule has 1 aromatic carbocycles. The number of ether oxygens (including phenoxy) is 1. The van der Waals surface area contributed by atoms with Crippen LogP contribution in [-0.2, 0) is 4.74 Å². The summed E-state index contributed by atoms with van der Waals surface area (Å²) < 4.78 is 6.92. The molecule has 1 fully saturated rings. The summed E-state index contributed by atoms with van der Waals surface area (Å²) >= 11 is 7.24. The van der Waals surface area contributed by atoms with Gasteiger partial charge in [-0.25, -0.2) is 0 Å². The van der Waals surface area contributed by atoms with E-state index in [-0.39, 0.29) is 0 Å². The molecule has 1 heterocycles. The third kappa shape index (κ3) is 3.08. The summed E-state index contributed by atoms with van der Waals surface area (Å²) in [5, 5.41) is 0.996. The van der Waals surface area contributed by atoms with Crippen LogP contribution in [0.25, 0.3) is 0 Å². The Hall–Kier alpha value is 0.140. The molecule has 0 bridgehead atoms. The smallest absolute Gasteiger partial charge is 0.0582 e. The molecule has 1 aliphatic rings. The Morgan fingerprint density at radius 2 is 2.19 bits per heavy atom. The van der Waals surface area contributed by atoms with Crippen LogP contribution in [0.2, 0.25) is 0 Å². The fourth-order valence-corrected chi connectivity index (χ4v) is 3.45. The first kappa shape index (κ1) is 12.6. The third-order valence-corrected chi connectivity index (χ3v) is 4.61. The van der Waals surface area contributed by atoms with Crippen molar-refractivity contribution in [3.05, 3.63) is 34.3 Å². The Bertz CT molecular complexity index is 334. The fraction of sp³-hybridized carbons (Fsp3) is 0.538. The third-order valence-electron chi connectivity index (χ3n) is 3.10. The molecule has 1 nitrogen and oxygen atoms in total. The van der Waals surface area contributed by atoms with E-state index in [4.69, 9.17) is 4.74 Å². The van der Waals surface area contributed by atoms with Gasteiger partial charge in [-0.2, -0.15) is 0 Å². The van der Waals surface area contributed by atoms with Crippen LogP contribution in [-0.4, -0.2) is 18.0 Å². The van der Waals surface area contributed by atoms with Crippen molar-refractivity contribution in [1.29, 1.82) is 0 Å². The molecule has 2 unspecified atom stereocenters. The van der Waals surface area contributed by atoms with Crippen LogP contribution in [0.4, 0.5) is 0 Å². The van der Waals surface area contributed by atoms with Crippen LogP contribution in [0.15, 0.2) is 28.7 Å². The largest absolute Gasteiger partial charge is 0.378 e. The predicted molar refractivity (Wildman–Crippen MR) is 74.3 cm³/mol. The maximum absolute atomic E-state index is 5.71. The lowest BCUT2D eigenvalue weighted by atomic mass is 9.94. The highest BCUT2D eigenvalue weighted by atomic mass is 79.9. The van der Waals surface area contributed by atoms with Crippen LogP contribution in [0.1, 0.15) is 30.7 Å². The van der Waals surface area contributed by atoms with Crippen LogP contribution in [0, 0.1) is 0 Å². The first-order valence-corrected chi connectivity index (χ1v) is 7.64. The number of halogens is 2. The monoisotopic (exact) mass is 346 g/mol. The van der Waals surface area contributed by atoms with Crippen LogP contribution < -0.4 is 0 Å². The van der Waals surface area contributed by atoms with Gasteiger partial charge in [0.15, 0.2) is 0 Å². The van der Waals surface area contributed by atoms with Crippen LogP contribution in [0.3, 0.4) is 0 Å². The Kier molecular flexibility index (Phi) is 4.86. The molecule has 1 saturated heterocycles. The lowest BCUT2D eigenvalue weighted by Crippen LogP contribution is -2.13. The number of alkyl halides is 1. The average Bonchev–Trinajstić information content (AvgIpc) is 2.80. The van der Waals surface area contributed by atoms with E-state index in [1.165, 1.54) is 22.9 Å². The number of benzene rings is 1. The summed E-state index contributed by atoms with van der Waals surface area (Å²) in [5.41, 5.74) is 1.38. The maximum Gasteiger partial charge on any atom is 0.0582 e. The molecule has 2 rings (SSSR count). The molecule has 0 radical (unpaired) electrons. The summed E-state index contributed by atoms with van der Waals surface area (Å²) in [6, 6.07) is 8.47. The summed E-state index contributed by atoms with van der Waals surface area (Å²) in [5.74, 6) is 0.540. The van der Waals surface area contributed by atoms with Gasteiger partial charge in [0, 0.05) is 16.4 Å². The number of rotatable bonds is 4. The molecule has 0 amide bonds. The second kappa shape index (κ2) is 6.18. The minimum atomic E-state index is 0.453. The average molecular weight is 348 g/mol. The highest BCUT2D eigenvalue weighted by Gasteiger charge is 2.22. The lowest BCUT2D eigenvalue weighted by Gasteiger charge is -2.19. The van der Waals surface area contributed by atoms with Crippen molar-refractivity contribution in [2.45, 2.75) is 31.3 Å². The molecular formula is C13H16Br2O. The Balaban J connectivity index is 2.06. The molecule has 1 aromatic rings. The predicted octanol–water partition coefficient (Wildman–Crippen LogP) is 4.50.